The number of aliphatic hydroxyl groups is 1. The summed E-state index contributed by atoms with van der Waals surface area (Å²) in [4.78, 5) is 2.33. The summed E-state index contributed by atoms with van der Waals surface area (Å²) in [5.74, 6) is 0.670. The van der Waals surface area contributed by atoms with Crippen LogP contribution in [0.25, 0.3) is 0 Å². The monoisotopic (exact) mass is 329 g/mol. The van der Waals surface area contributed by atoms with Crippen LogP contribution in [0.3, 0.4) is 0 Å². The Morgan fingerprint density at radius 1 is 1.12 bits per heavy atom. The van der Waals surface area contributed by atoms with E-state index in [1.54, 1.807) is 19.2 Å². The lowest BCUT2D eigenvalue weighted by atomic mass is 9.84. The largest absolute Gasteiger partial charge is 0.496 e. The lowest BCUT2D eigenvalue weighted by Crippen LogP contribution is -2.42. The molecule has 0 aromatic heterocycles. The first-order chi connectivity index (χ1) is 11.5. The number of hydrogen-bond acceptors (Lipinski definition) is 3. The SMILES string of the molecule is COc1c(C)cccc1CN1CCC(O)(c2ccc(F)cc2)CC1. The van der Waals surface area contributed by atoms with Gasteiger partial charge in [0.2, 0.25) is 0 Å². The van der Waals surface area contributed by atoms with E-state index in [0.29, 0.717) is 12.8 Å². The number of piperidine rings is 1. The molecular formula is C20H24FNO2. The molecular weight excluding hydrogens is 305 g/mol. The Bertz CT molecular complexity index is 691. The van der Waals surface area contributed by atoms with Gasteiger partial charge in [-0.2, -0.15) is 0 Å². The van der Waals surface area contributed by atoms with Gasteiger partial charge in [-0.3, -0.25) is 4.90 Å². The quantitative estimate of drug-likeness (QED) is 0.930. The highest BCUT2D eigenvalue weighted by Crippen LogP contribution is 2.34. The van der Waals surface area contributed by atoms with E-state index in [-0.39, 0.29) is 5.82 Å². The number of likely N-dealkylation sites (tertiary alicyclic amines) is 1. The number of aryl methyl sites for hydroxylation is 1. The maximum Gasteiger partial charge on any atom is 0.126 e. The number of nitrogens with zero attached hydrogens (tertiary/aromatic N) is 1. The summed E-state index contributed by atoms with van der Waals surface area (Å²) in [5, 5.41) is 10.9. The van der Waals surface area contributed by atoms with Gasteiger partial charge in [0.05, 0.1) is 12.7 Å². The van der Waals surface area contributed by atoms with Crippen LogP contribution >= 0.6 is 0 Å². The predicted molar refractivity (Wildman–Crippen MR) is 92.5 cm³/mol. The molecule has 0 saturated carbocycles. The van der Waals surface area contributed by atoms with Gasteiger partial charge in [-0.15, -0.1) is 0 Å². The summed E-state index contributed by atoms with van der Waals surface area (Å²) in [6.45, 7) is 4.45. The third kappa shape index (κ3) is 3.45. The summed E-state index contributed by atoms with van der Waals surface area (Å²) in [5.41, 5.74) is 2.25. The second kappa shape index (κ2) is 6.91. The Hall–Kier alpha value is -1.91. The lowest BCUT2D eigenvalue weighted by Gasteiger charge is -2.38. The molecule has 4 heteroatoms. The Labute approximate surface area is 142 Å². The van der Waals surface area contributed by atoms with Crippen LogP contribution in [0.15, 0.2) is 42.5 Å². The molecule has 1 saturated heterocycles. The lowest BCUT2D eigenvalue weighted by molar-refractivity contribution is -0.0278. The summed E-state index contributed by atoms with van der Waals surface area (Å²) >= 11 is 0. The molecule has 0 aliphatic carbocycles. The molecule has 0 atom stereocenters. The second-order valence-corrected chi connectivity index (χ2v) is 6.58. The summed E-state index contributed by atoms with van der Waals surface area (Å²) in [6, 6.07) is 12.4. The fraction of sp³-hybridized carbons (Fsp3) is 0.400. The van der Waals surface area contributed by atoms with Crippen molar-refractivity contribution >= 4 is 0 Å². The van der Waals surface area contributed by atoms with E-state index in [2.05, 4.69) is 11.0 Å². The molecule has 0 bridgehead atoms. The topological polar surface area (TPSA) is 32.7 Å². The maximum absolute atomic E-state index is 13.1. The molecule has 3 nitrogen and oxygen atoms in total. The molecule has 0 radical (unpaired) electrons. The van der Waals surface area contributed by atoms with E-state index in [4.69, 9.17) is 4.74 Å². The molecule has 1 fully saturated rings. The molecule has 2 aromatic rings. The minimum Gasteiger partial charge on any atom is -0.496 e. The van der Waals surface area contributed by atoms with Crippen molar-refractivity contribution in [1.29, 1.82) is 0 Å². The van der Waals surface area contributed by atoms with Crippen LogP contribution < -0.4 is 4.74 Å². The van der Waals surface area contributed by atoms with Crippen molar-refractivity contribution < 1.29 is 14.2 Å². The van der Waals surface area contributed by atoms with E-state index in [0.717, 1.165) is 36.5 Å². The van der Waals surface area contributed by atoms with Crippen LogP contribution in [0.4, 0.5) is 4.39 Å². The molecule has 0 spiro atoms. The number of benzene rings is 2. The average molecular weight is 329 g/mol. The normalized spacial score (nSPS) is 17.7. The molecule has 1 N–H and O–H groups in total. The van der Waals surface area contributed by atoms with Crippen LogP contribution in [0.5, 0.6) is 5.75 Å². The first-order valence-corrected chi connectivity index (χ1v) is 8.35. The standard InChI is InChI=1S/C20H24FNO2/c1-15-4-3-5-16(19(15)24-2)14-22-12-10-20(23,11-13-22)17-6-8-18(21)9-7-17/h3-9,23H,10-14H2,1-2H3. The molecule has 24 heavy (non-hydrogen) atoms. The van der Waals surface area contributed by atoms with Crippen molar-refractivity contribution in [3.05, 3.63) is 65.0 Å². The molecule has 3 rings (SSSR count). The number of methoxy groups -OCH3 is 1. The summed E-state index contributed by atoms with van der Waals surface area (Å²) in [6.07, 6.45) is 1.29. The molecule has 1 aliphatic heterocycles. The Morgan fingerprint density at radius 3 is 2.42 bits per heavy atom. The highest BCUT2D eigenvalue weighted by molar-refractivity contribution is 5.40. The minimum absolute atomic E-state index is 0.272. The highest BCUT2D eigenvalue weighted by Gasteiger charge is 2.34. The number of para-hydroxylation sites is 1. The third-order valence-electron chi connectivity index (χ3n) is 4.96. The van der Waals surface area contributed by atoms with Crippen molar-refractivity contribution in [2.75, 3.05) is 20.2 Å². The van der Waals surface area contributed by atoms with Crippen molar-refractivity contribution in [1.82, 2.24) is 4.90 Å². The van der Waals surface area contributed by atoms with Gasteiger partial charge in [-0.1, -0.05) is 30.3 Å². The van der Waals surface area contributed by atoms with Gasteiger partial charge < -0.3 is 9.84 Å². The first-order valence-electron chi connectivity index (χ1n) is 8.35. The van der Waals surface area contributed by atoms with E-state index in [1.807, 2.05) is 19.1 Å². The van der Waals surface area contributed by atoms with Crippen molar-refractivity contribution in [3.63, 3.8) is 0 Å². The second-order valence-electron chi connectivity index (χ2n) is 6.58. The Kier molecular flexibility index (Phi) is 4.88. The van der Waals surface area contributed by atoms with Crippen LogP contribution in [-0.2, 0) is 12.1 Å². The van der Waals surface area contributed by atoms with Gasteiger partial charge >= 0.3 is 0 Å². The highest BCUT2D eigenvalue weighted by atomic mass is 19.1. The zero-order valence-electron chi connectivity index (χ0n) is 14.3. The Morgan fingerprint density at radius 2 is 1.79 bits per heavy atom. The summed E-state index contributed by atoms with van der Waals surface area (Å²) < 4.78 is 18.6. The van der Waals surface area contributed by atoms with Gasteiger partial charge in [-0.05, 0) is 43.0 Å². The van der Waals surface area contributed by atoms with Crippen LogP contribution in [-0.4, -0.2) is 30.2 Å². The fourth-order valence-corrected chi connectivity index (χ4v) is 3.50. The van der Waals surface area contributed by atoms with Gasteiger partial charge in [-0.25, -0.2) is 4.39 Å². The van der Waals surface area contributed by atoms with E-state index < -0.39 is 5.60 Å². The number of ether oxygens (including phenoxy) is 1. The van der Waals surface area contributed by atoms with Gasteiger partial charge in [0.25, 0.3) is 0 Å². The van der Waals surface area contributed by atoms with Crippen LogP contribution in [0.2, 0.25) is 0 Å². The van der Waals surface area contributed by atoms with Crippen molar-refractivity contribution in [2.45, 2.75) is 31.9 Å². The molecule has 0 unspecified atom stereocenters. The smallest absolute Gasteiger partial charge is 0.126 e. The van der Waals surface area contributed by atoms with Gasteiger partial charge in [0.1, 0.15) is 11.6 Å². The first kappa shape index (κ1) is 16.9. The summed E-state index contributed by atoms with van der Waals surface area (Å²) in [7, 11) is 1.70. The van der Waals surface area contributed by atoms with Crippen molar-refractivity contribution in [2.24, 2.45) is 0 Å². The molecule has 128 valence electrons. The van der Waals surface area contributed by atoms with Gasteiger partial charge in [0.15, 0.2) is 0 Å². The third-order valence-corrected chi connectivity index (χ3v) is 4.96. The van der Waals surface area contributed by atoms with E-state index >= 15 is 0 Å². The van der Waals surface area contributed by atoms with Crippen LogP contribution in [0.1, 0.15) is 29.5 Å². The number of halogens is 1. The predicted octanol–water partition coefficient (Wildman–Crippen LogP) is 3.63. The average Bonchev–Trinajstić information content (AvgIpc) is 2.58. The zero-order valence-corrected chi connectivity index (χ0v) is 14.3. The maximum atomic E-state index is 13.1. The minimum atomic E-state index is -0.860. The number of hydrogen-bond donors (Lipinski definition) is 1. The molecule has 1 aliphatic rings. The number of rotatable bonds is 4. The van der Waals surface area contributed by atoms with Crippen molar-refractivity contribution in [3.8, 4) is 5.75 Å². The van der Waals surface area contributed by atoms with E-state index in [1.165, 1.54) is 17.7 Å². The van der Waals surface area contributed by atoms with E-state index in [9.17, 15) is 9.50 Å². The molecule has 2 aromatic carbocycles. The van der Waals surface area contributed by atoms with Gasteiger partial charge in [0, 0.05) is 25.2 Å². The zero-order chi connectivity index (χ0) is 17.2. The van der Waals surface area contributed by atoms with Crippen LogP contribution in [0, 0.1) is 12.7 Å². The fourth-order valence-electron chi connectivity index (χ4n) is 3.50. The Balaban J connectivity index is 1.67. The molecule has 1 heterocycles. The molecule has 0 amide bonds.